The number of aliphatic hydroxyl groups is 1. The van der Waals surface area contributed by atoms with Gasteiger partial charge in [-0.3, -0.25) is 9.59 Å². The largest absolute Gasteiger partial charge is 0.414 e. The van der Waals surface area contributed by atoms with Gasteiger partial charge in [0.15, 0.2) is 0 Å². The van der Waals surface area contributed by atoms with Crippen molar-refractivity contribution in [3.05, 3.63) is 88.6 Å². The number of rotatable bonds is 10. The molecule has 0 saturated heterocycles. The molecular formula is C24H23ClN4O7S. The number of amides is 3. The van der Waals surface area contributed by atoms with E-state index in [-0.39, 0.29) is 35.1 Å². The standard InChI is InChI=1S/C24H23ClN4O7S/c25-19-7-4-16(5-8-19)10-11-26-22(31)17-2-1-3-20(14-17)37(34,35)29-23(32)18-6-9-21(28-15-18)36-24(33)27-12-13-30/h1-9,14-15,30H,10-13H2,(H,26,31)(H,27,33)(H,29,32). The van der Waals surface area contributed by atoms with Gasteiger partial charge in [0.1, 0.15) is 0 Å². The van der Waals surface area contributed by atoms with Crippen LogP contribution >= 0.6 is 11.6 Å². The molecule has 0 saturated carbocycles. The molecule has 4 N–H and O–H groups in total. The van der Waals surface area contributed by atoms with Gasteiger partial charge in [0, 0.05) is 35.9 Å². The van der Waals surface area contributed by atoms with Gasteiger partial charge in [-0.05, 0) is 48.4 Å². The fourth-order valence-electron chi connectivity index (χ4n) is 2.98. The van der Waals surface area contributed by atoms with Crippen LogP contribution < -0.4 is 20.1 Å². The molecule has 2 aromatic carbocycles. The van der Waals surface area contributed by atoms with Gasteiger partial charge in [-0.1, -0.05) is 29.8 Å². The Labute approximate surface area is 217 Å². The van der Waals surface area contributed by atoms with Crippen molar-refractivity contribution in [3.63, 3.8) is 0 Å². The molecule has 0 radical (unpaired) electrons. The molecule has 3 amide bonds. The Morgan fingerprint density at radius 2 is 1.68 bits per heavy atom. The maximum Gasteiger partial charge on any atom is 0.414 e. The number of sulfonamides is 1. The number of carbonyl (C=O) groups is 3. The molecule has 3 rings (SSSR count). The van der Waals surface area contributed by atoms with Crippen molar-refractivity contribution < 1.29 is 32.6 Å². The molecule has 0 bridgehead atoms. The number of nitrogens with one attached hydrogen (secondary N) is 3. The number of ether oxygens (including phenoxy) is 1. The molecule has 1 heterocycles. The van der Waals surface area contributed by atoms with E-state index in [4.69, 9.17) is 21.4 Å². The van der Waals surface area contributed by atoms with Crippen LogP contribution in [-0.2, 0) is 16.4 Å². The van der Waals surface area contributed by atoms with Crippen molar-refractivity contribution in [1.82, 2.24) is 20.3 Å². The second-order valence-corrected chi connectivity index (χ2v) is 9.64. The highest BCUT2D eigenvalue weighted by Crippen LogP contribution is 2.14. The van der Waals surface area contributed by atoms with E-state index in [0.717, 1.165) is 17.8 Å². The molecule has 0 atom stereocenters. The van der Waals surface area contributed by atoms with E-state index in [1.54, 1.807) is 12.1 Å². The highest BCUT2D eigenvalue weighted by atomic mass is 35.5. The summed E-state index contributed by atoms with van der Waals surface area (Å²) in [7, 11) is -4.31. The van der Waals surface area contributed by atoms with Crippen molar-refractivity contribution >= 4 is 39.5 Å². The lowest BCUT2D eigenvalue weighted by molar-refractivity contribution is 0.0952. The molecule has 13 heteroatoms. The van der Waals surface area contributed by atoms with Gasteiger partial charge < -0.3 is 20.5 Å². The normalized spacial score (nSPS) is 10.9. The van der Waals surface area contributed by atoms with Gasteiger partial charge >= 0.3 is 6.09 Å². The molecule has 3 aromatic rings. The van der Waals surface area contributed by atoms with Crippen LogP contribution in [0, 0.1) is 0 Å². The number of hydrogen-bond donors (Lipinski definition) is 4. The Hall–Kier alpha value is -4.00. The van der Waals surface area contributed by atoms with Gasteiger partial charge in [0.05, 0.1) is 17.1 Å². The maximum absolute atomic E-state index is 12.7. The predicted octanol–water partition coefficient (Wildman–Crippen LogP) is 1.91. The van der Waals surface area contributed by atoms with Crippen LogP contribution in [-0.4, -0.2) is 56.1 Å². The van der Waals surface area contributed by atoms with E-state index in [2.05, 4.69) is 15.6 Å². The van der Waals surface area contributed by atoms with E-state index < -0.39 is 27.9 Å². The first-order valence-electron chi connectivity index (χ1n) is 10.9. The number of halogens is 1. The summed E-state index contributed by atoms with van der Waals surface area (Å²) >= 11 is 5.86. The lowest BCUT2D eigenvalue weighted by atomic mass is 10.1. The molecule has 0 aliphatic heterocycles. The highest BCUT2D eigenvalue weighted by Gasteiger charge is 2.20. The molecule has 11 nitrogen and oxygen atoms in total. The first kappa shape index (κ1) is 27.6. The van der Waals surface area contributed by atoms with E-state index in [0.29, 0.717) is 18.0 Å². The van der Waals surface area contributed by atoms with Gasteiger partial charge in [0.25, 0.3) is 21.8 Å². The summed E-state index contributed by atoms with van der Waals surface area (Å²) in [6.45, 7) is 0.0431. The van der Waals surface area contributed by atoms with E-state index in [1.807, 2.05) is 16.9 Å². The van der Waals surface area contributed by atoms with Crippen molar-refractivity contribution in [2.75, 3.05) is 19.7 Å². The summed E-state index contributed by atoms with van der Waals surface area (Å²) in [6, 6.07) is 14.9. The summed E-state index contributed by atoms with van der Waals surface area (Å²) in [4.78, 5) is 39.9. The Bertz CT molecular complexity index is 1360. The first-order valence-corrected chi connectivity index (χ1v) is 12.8. The van der Waals surface area contributed by atoms with Crippen molar-refractivity contribution in [2.45, 2.75) is 11.3 Å². The van der Waals surface area contributed by atoms with E-state index in [9.17, 15) is 22.8 Å². The molecule has 37 heavy (non-hydrogen) atoms. The third-order valence-corrected chi connectivity index (χ3v) is 6.40. The van der Waals surface area contributed by atoms with Gasteiger partial charge in [0.2, 0.25) is 5.88 Å². The van der Waals surface area contributed by atoms with Gasteiger partial charge in [-0.15, -0.1) is 0 Å². The third-order valence-electron chi connectivity index (χ3n) is 4.82. The van der Waals surface area contributed by atoms with Crippen LogP contribution in [0.3, 0.4) is 0 Å². The van der Waals surface area contributed by atoms with Gasteiger partial charge in [-0.25, -0.2) is 22.9 Å². The minimum absolute atomic E-state index is 0.0105. The zero-order valence-corrected chi connectivity index (χ0v) is 20.9. The summed E-state index contributed by atoms with van der Waals surface area (Å²) < 4.78 is 32.2. The lowest BCUT2D eigenvalue weighted by Gasteiger charge is -2.10. The summed E-state index contributed by atoms with van der Waals surface area (Å²) in [5.74, 6) is -1.58. The van der Waals surface area contributed by atoms with E-state index >= 15 is 0 Å². The van der Waals surface area contributed by atoms with Crippen LogP contribution in [0.2, 0.25) is 5.02 Å². The number of carbonyl (C=O) groups excluding carboxylic acids is 3. The monoisotopic (exact) mass is 546 g/mol. The Kier molecular flexibility index (Phi) is 9.55. The van der Waals surface area contributed by atoms with Crippen LogP contribution in [0.4, 0.5) is 4.79 Å². The SMILES string of the molecule is O=C(NCCO)Oc1ccc(C(=O)NS(=O)(=O)c2cccc(C(=O)NCCc3ccc(Cl)cc3)c2)cn1. The second kappa shape index (κ2) is 12.8. The number of aliphatic hydroxyl groups excluding tert-OH is 1. The Morgan fingerprint density at radius 1 is 0.919 bits per heavy atom. The van der Waals surface area contributed by atoms with Crippen LogP contribution in [0.1, 0.15) is 26.3 Å². The molecule has 0 fully saturated rings. The quantitative estimate of drug-likeness (QED) is 0.299. The Morgan fingerprint density at radius 3 is 2.35 bits per heavy atom. The zero-order valence-electron chi connectivity index (χ0n) is 19.3. The van der Waals surface area contributed by atoms with Crippen molar-refractivity contribution in [3.8, 4) is 5.88 Å². The van der Waals surface area contributed by atoms with Crippen molar-refractivity contribution in [2.24, 2.45) is 0 Å². The molecule has 1 aromatic heterocycles. The minimum Gasteiger partial charge on any atom is -0.395 e. The Balaban J connectivity index is 1.59. The molecule has 0 aliphatic rings. The van der Waals surface area contributed by atoms with Gasteiger partial charge in [-0.2, -0.15) is 0 Å². The number of aromatic nitrogens is 1. The number of benzene rings is 2. The average molecular weight is 547 g/mol. The predicted molar refractivity (Wildman–Crippen MR) is 134 cm³/mol. The van der Waals surface area contributed by atoms with Crippen LogP contribution in [0.25, 0.3) is 0 Å². The third kappa shape index (κ3) is 8.27. The topological polar surface area (TPSA) is 164 Å². The molecule has 0 unspecified atom stereocenters. The second-order valence-electron chi connectivity index (χ2n) is 7.52. The average Bonchev–Trinajstić information content (AvgIpc) is 2.88. The molecule has 0 aliphatic carbocycles. The first-order chi connectivity index (χ1) is 17.7. The zero-order chi connectivity index (χ0) is 26.8. The van der Waals surface area contributed by atoms with Crippen LogP contribution in [0.15, 0.2) is 71.8 Å². The fraction of sp³-hybridized carbons (Fsp3) is 0.167. The summed E-state index contributed by atoms with van der Waals surface area (Å²) in [6.07, 6.45) is 0.738. The summed E-state index contributed by atoms with van der Waals surface area (Å²) in [5.41, 5.74) is 0.972. The number of hydrogen-bond acceptors (Lipinski definition) is 8. The minimum atomic E-state index is -4.31. The summed E-state index contributed by atoms with van der Waals surface area (Å²) in [5, 5.41) is 14.3. The molecular weight excluding hydrogens is 524 g/mol. The number of nitrogens with zero attached hydrogens (tertiary/aromatic N) is 1. The number of pyridine rings is 1. The highest BCUT2D eigenvalue weighted by molar-refractivity contribution is 7.90. The van der Waals surface area contributed by atoms with Crippen LogP contribution in [0.5, 0.6) is 5.88 Å². The fourth-order valence-corrected chi connectivity index (χ4v) is 4.13. The van der Waals surface area contributed by atoms with E-state index in [1.165, 1.54) is 30.3 Å². The van der Waals surface area contributed by atoms with Crippen molar-refractivity contribution in [1.29, 1.82) is 0 Å². The lowest BCUT2D eigenvalue weighted by Crippen LogP contribution is -2.31. The smallest absolute Gasteiger partial charge is 0.395 e. The molecule has 0 spiro atoms. The maximum atomic E-state index is 12.7. The molecule has 194 valence electrons.